The minimum atomic E-state index is -0.505. The van der Waals surface area contributed by atoms with Gasteiger partial charge in [-0.25, -0.2) is 4.98 Å². The summed E-state index contributed by atoms with van der Waals surface area (Å²) in [4.78, 5) is 15.9. The van der Waals surface area contributed by atoms with Gasteiger partial charge < -0.3 is 0 Å². The van der Waals surface area contributed by atoms with Crippen LogP contribution < -0.4 is 0 Å². The lowest BCUT2D eigenvalue weighted by atomic mass is 10.1. The first-order valence-corrected chi connectivity index (χ1v) is 5.65. The van der Waals surface area contributed by atoms with Crippen molar-refractivity contribution in [1.82, 2.24) is 4.98 Å². The molecule has 15 heavy (non-hydrogen) atoms. The lowest BCUT2D eigenvalue weighted by Gasteiger charge is -2.02. The van der Waals surface area contributed by atoms with Crippen LogP contribution in [0.4, 0.5) is 0 Å². The second-order valence-corrected chi connectivity index (χ2v) is 4.32. The first-order chi connectivity index (χ1) is 7.20. The molecule has 1 heterocycles. The maximum Gasteiger partial charge on any atom is 0.272 e. The Morgan fingerprint density at radius 2 is 2.13 bits per heavy atom. The third-order valence-electron chi connectivity index (χ3n) is 2.14. The van der Waals surface area contributed by atoms with Crippen LogP contribution in [-0.2, 0) is 0 Å². The number of aromatic nitrogens is 1. The number of halogens is 1. The minimum Gasteiger partial charge on any atom is -0.274 e. The normalized spacial score (nSPS) is 10.3. The van der Waals surface area contributed by atoms with Gasteiger partial charge in [0, 0.05) is 0 Å². The highest BCUT2D eigenvalue weighted by Crippen LogP contribution is 2.30. The van der Waals surface area contributed by atoms with Crippen LogP contribution in [0.3, 0.4) is 0 Å². The van der Waals surface area contributed by atoms with Crippen LogP contribution in [0.1, 0.15) is 16.1 Å². The summed E-state index contributed by atoms with van der Waals surface area (Å²) in [5, 5.41) is -0.505. The van der Waals surface area contributed by atoms with Gasteiger partial charge in [-0.15, -0.1) is 11.3 Å². The molecule has 2 rings (SSSR count). The van der Waals surface area contributed by atoms with E-state index in [1.807, 2.05) is 31.2 Å². The molecule has 0 unspecified atom stereocenters. The fraction of sp³-hybridized carbons (Fsp3) is 0.0909. The molecule has 0 saturated heterocycles. The van der Waals surface area contributed by atoms with Crippen molar-refractivity contribution in [3.63, 3.8) is 0 Å². The van der Waals surface area contributed by atoms with Crippen LogP contribution in [0, 0.1) is 6.92 Å². The zero-order valence-electron chi connectivity index (χ0n) is 8.03. The van der Waals surface area contributed by atoms with Crippen molar-refractivity contribution in [2.45, 2.75) is 6.92 Å². The Balaban J connectivity index is 2.59. The molecule has 0 aliphatic carbocycles. The molecular formula is C11H8ClNOS. The highest BCUT2D eigenvalue weighted by Gasteiger charge is 2.15. The monoisotopic (exact) mass is 237 g/mol. The topological polar surface area (TPSA) is 30.0 Å². The van der Waals surface area contributed by atoms with E-state index in [4.69, 9.17) is 11.6 Å². The van der Waals surface area contributed by atoms with E-state index in [0.717, 1.165) is 16.0 Å². The number of carbonyl (C=O) groups excluding carboxylic acids is 1. The van der Waals surface area contributed by atoms with E-state index < -0.39 is 5.24 Å². The summed E-state index contributed by atoms with van der Waals surface area (Å²) in [6.45, 7) is 2.00. The molecule has 0 radical (unpaired) electrons. The van der Waals surface area contributed by atoms with Gasteiger partial charge in [0.25, 0.3) is 5.24 Å². The van der Waals surface area contributed by atoms with E-state index in [1.54, 1.807) is 5.51 Å². The number of hydrogen-bond donors (Lipinski definition) is 0. The first kappa shape index (κ1) is 10.3. The van der Waals surface area contributed by atoms with Crippen molar-refractivity contribution in [3.8, 4) is 10.4 Å². The molecule has 76 valence electrons. The van der Waals surface area contributed by atoms with Crippen LogP contribution in [0.15, 0.2) is 29.8 Å². The van der Waals surface area contributed by atoms with Crippen LogP contribution in [0.2, 0.25) is 0 Å². The number of rotatable bonds is 2. The van der Waals surface area contributed by atoms with Gasteiger partial charge in [0.15, 0.2) is 0 Å². The van der Waals surface area contributed by atoms with E-state index >= 15 is 0 Å². The minimum absolute atomic E-state index is 0.343. The van der Waals surface area contributed by atoms with Gasteiger partial charge in [0.05, 0.1) is 10.4 Å². The lowest BCUT2D eigenvalue weighted by molar-refractivity contribution is 0.107. The van der Waals surface area contributed by atoms with Crippen molar-refractivity contribution in [2.75, 3.05) is 0 Å². The lowest BCUT2D eigenvalue weighted by Crippen LogP contribution is -1.92. The van der Waals surface area contributed by atoms with Crippen LogP contribution in [0.5, 0.6) is 0 Å². The first-order valence-electron chi connectivity index (χ1n) is 4.39. The maximum atomic E-state index is 11.1. The van der Waals surface area contributed by atoms with E-state index in [9.17, 15) is 4.79 Å². The van der Waals surface area contributed by atoms with E-state index in [2.05, 4.69) is 4.98 Å². The van der Waals surface area contributed by atoms with Crippen molar-refractivity contribution in [2.24, 2.45) is 0 Å². The van der Waals surface area contributed by atoms with E-state index in [1.165, 1.54) is 11.3 Å². The third-order valence-corrected chi connectivity index (χ3v) is 3.18. The summed E-state index contributed by atoms with van der Waals surface area (Å²) in [6, 6.07) is 7.86. The molecule has 0 atom stereocenters. The summed E-state index contributed by atoms with van der Waals surface area (Å²) < 4.78 is 0. The second-order valence-electron chi connectivity index (χ2n) is 3.12. The number of benzene rings is 1. The molecule has 0 aliphatic rings. The molecule has 0 aliphatic heterocycles. The molecule has 0 N–H and O–H groups in total. The van der Waals surface area contributed by atoms with Gasteiger partial charge >= 0.3 is 0 Å². The van der Waals surface area contributed by atoms with Gasteiger partial charge in [-0.2, -0.15) is 0 Å². The van der Waals surface area contributed by atoms with Gasteiger partial charge in [-0.3, -0.25) is 4.79 Å². The quantitative estimate of drug-likeness (QED) is 0.749. The number of hydrogen-bond acceptors (Lipinski definition) is 3. The Hall–Kier alpha value is -1.19. The Kier molecular flexibility index (Phi) is 2.84. The molecule has 0 fully saturated rings. The molecule has 4 heteroatoms. The Bertz CT molecular complexity index is 507. The third kappa shape index (κ3) is 1.94. The van der Waals surface area contributed by atoms with Crippen molar-refractivity contribution < 1.29 is 4.79 Å². The molecule has 0 spiro atoms. The molecule has 2 nitrogen and oxygen atoms in total. The average molecular weight is 238 g/mol. The Morgan fingerprint density at radius 3 is 2.80 bits per heavy atom. The Morgan fingerprint density at radius 1 is 1.40 bits per heavy atom. The van der Waals surface area contributed by atoms with Gasteiger partial charge in [-0.1, -0.05) is 24.3 Å². The van der Waals surface area contributed by atoms with E-state index in [0.29, 0.717) is 5.69 Å². The summed E-state index contributed by atoms with van der Waals surface area (Å²) >= 11 is 6.89. The van der Waals surface area contributed by atoms with Crippen molar-refractivity contribution in [3.05, 3.63) is 41.0 Å². The zero-order valence-corrected chi connectivity index (χ0v) is 9.60. The summed E-state index contributed by atoms with van der Waals surface area (Å²) in [5.41, 5.74) is 4.11. The number of aryl methyl sites for hydroxylation is 1. The summed E-state index contributed by atoms with van der Waals surface area (Å²) in [7, 11) is 0. The average Bonchev–Trinajstić information content (AvgIpc) is 2.67. The zero-order chi connectivity index (χ0) is 10.8. The largest absolute Gasteiger partial charge is 0.274 e. The molecule has 0 amide bonds. The molecule has 2 aromatic rings. The van der Waals surface area contributed by atoms with Crippen molar-refractivity contribution in [1.29, 1.82) is 0 Å². The second kappa shape index (κ2) is 4.13. The fourth-order valence-corrected chi connectivity index (χ4v) is 2.48. The number of thiazole rings is 1. The molecule has 0 saturated carbocycles. The SMILES string of the molecule is Cc1ccccc1-c1scnc1C(=O)Cl. The number of nitrogens with zero attached hydrogens (tertiary/aromatic N) is 1. The highest BCUT2D eigenvalue weighted by molar-refractivity contribution is 7.13. The highest BCUT2D eigenvalue weighted by atomic mass is 35.5. The van der Waals surface area contributed by atoms with Crippen molar-refractivity contribution >= 4 is 28.2 Å². The number of carbonyl (C=O) groups is 1. The smallest absolute Gasteiger partial charge is 0.272 e. The maximum absolute atomic E-state index is 11.1. The van der Waals surface area contributed by atoms with Crippen LogP contribution in [0.25, 0.3) is 10.4 Å². The van der Waals surface area contributed by atoms with E-state index in [-0.39, 0.29) is 0 Å². The fourth-order valence-electron chi connectivity index (χ4n) is 1.40. The predicted molar refractivity (Wildman–Crippen MR) is 62.5 cm³/mol. The van der Waals surface area contributed by atoms with Crippen LogP contribution in [-0.4, -0.2) is 10.2 Å². The molecular weight excluding hydrogens is 230 g/mol. The summed E-state index contributed by atoms with van der Waals surface area (Å²) in [6.07, 6.45) is 0. The standard InChI is InChI=1S/C11H8ClNOS/c1-7-4-2-3-5-8(7)10-9(11(12)14)13-6-15-10/h2-6H,1H3. The molecule has 0 bridgehead atoms. The van der Waals surface area contributed by atoms with Gasteiger partial charge in [0.1, 0.15) is 5.69 Å². The van der Waals surface area contributed by atoms with Gasteiger partial charge in [0.2, 0.25) is 0 Å². The molecule has 1 aromatic carbocycles. The van der Waals surface area contributed by atoms with Crippen LogP contribution >= 0.6 is 22.9 Å². The molecule has 1 aromatic heterocycles. The summed E-state index contributed by atoms with van der Waals surface area (Å²) in [5.74, 6) is 0. The predicted octanol–water partition coefficient (Wildman–Crippen LogP) is 3.50. The Labute approximate surface area is 96.5 Å². The van der Waals surface area contributed by atoms with Gasteiger partial charge in [-0.05, 0) is 29.7 Å².